The van der Waals surface area contributed by atoms with Gasteiger partial charge in [0.25, 0.3) is 0 Å². The maximum absolute atomic E-state index is 5.52. The van der Waals surface area contributed by atoms with Crippen molar-refractivity contribution in [1.29, 1.82) is 0 Å². The Morgan fingerprint density at radius 2 is 2.07 bits per heavy atom. The molecule has 0 saturated carbocycles. The van der Waals surface area contributed by atoms with Crippen LogP contribution in [0.5, 0.6) is 11.5 Å². The van der Waals surface area contributed by atoms with Crippen molar-refractivity contribution in [2.75, 3.05) is 19.0 Å². The molecule has 0 spiro atoms. The third-order valence-corrected chi connectivity index (χ3v) is 3.26. The predicted molar refractivity (Wildman–Crippen MR) is 66.4 cm³/mol. The molecule has 1 atom stereocenters. The summed E-state index contributed by atoms with van der Waals surface area (Å²) < 4.78 is 10.8. The van der Waals surface area contributed by atoms with Crippen LogP contribution < -0.4 is 9.47 Å². The van der Waals surface area contributed by atoms with Crippen molar-refractivity contribution in [2.45, 2.75) is 19.8 Å². The Morgan fingerprint density at radius 1 is 1.33 bits per heavy atom. The number of hydrogen-bond acceptors (Lipinski definition) is 2. The molecular weight excluding hydrogens is 256 g/mol. The summed E-state index contributed by atoms with van der Waals surface area (Å²) in [6.45, 7) is 4.80. The first kappa shape index (κ1) is 12.4. The van der Waals surface area contributed by atoms with E-state index in [4.69, 9.17) is 9.47 Å². The lowest BCUT2D eigenvalue weighted by atomic mass is 10.0. The van der Waals surface area contributed by atoms with Crippen molar-refractivity contribution in [3.63, 3.8) is 0 Å². The molecule has 1 unspecified atom stereocenters. The maximum atomic E-state index is 5.52. The molecule has 0 amide bonds. The van der Waals surface area contributed by atoms with Crippen LogP contribution in [-0.2, 0) is 0 Å². The molecule has 1 aromatic rings. The summed E-state index contributed by atoms with van der Waals surface area (Å²) in [5.41, 5.74) is 1.26. The van der Waals surface area contributed by atoms with Gasteiger partial charge in [-0.3, -0.25) is 0 Å². The normalized spacial score (nSPS) is 12.3. The highest BCUT2D eigenvalue weighted by molar-refractivity contribution is 9.09. The fraction of sp³-hybridized carbons (Fsp3) is 0.500. The summed E-state index contributed by atoms with van der Waals surface area (Å²) >= 11 is 3.48. The van der Waals surface area contributed by atoms with Crippen LogP contribution >= 0.6 is 15.9 Å². The van der Waals surface area contributed by atoms with Crippen molar-refractivity contribution in [1.82, 2.24) is 0 Å². The van der Waals surface area contributed by atoms with Crippen LogP contribution in [0, 0.1) is 0 Å². The van der Waals surface area contributed by atoms with Crippen molar-refractivity contribution in [3.8, 4) is 11.5 Å². The molecule has 1 aromatic carbocycles. The lowest BCUT2D eigenvalue weighted by Crippen LogP contribution is -1.99. The quantitative estimate of drug-likeness (QED) is 0.763. The number of hydrogen-bond donors (Lipinski definition) is 0. The average Bonchev–Trinajstić information content (AvgIpc) is 2.28. The Balaban J connectivity index is 2.98. The van der Waals surface area contributed by atoms with Crippen LogP contribution in [0.1, 0.15) is 25.3 Å². The van der Waals surface area contributed by atoms with Gasteiger partial charge in [-0.1, -0.05) is 28.9 Å². The van der Waals surface area contributed by atoms with Crippen LogP contribution in [0.25, 0.3) is 0 Å². The molecule has 0 aliphatic heterocycles. The van der Waals surface area contributed by atoms with E-state index >= 15 is 0 Å². The number of halogens is 1. The first-order chi connectivity index (χ1) is 7.22. The third kappa shape index (κ3) is 3.13. The zero-order valence-electron chi connectivity index (χ0n) is 9.42. The zero-order chi connectivity index (χ0) is 11.3. The highest BCUT2D eigenvalue weighted by Crippen LogP contribution is 2.31. The van der Waals surface area contributed by atoms with Gasteiger partial charge in [0.05, 0.1) is 13.7 Å². The van der Waals surface area contributed by atoms with Gasteiger partial charge >= 0.3 is 0 Å². The largest absolute Gasteiger partial charge is 0.493 e. The number of benzene rings is 1. The molecular formula is C12H17BrO2. The van der Waals surface area contributed by atoms with E-state index in [2.05, 4.69) is 28.9 Å². The third-order valence-electron chi connectivity index (χ3n) is 2.29. The van der Waals surface area contributed by atoms with Crippen molar-refractivity contribution in [2.24, 2.45) is 0 Å². The van der Waals surface area contributed by atoms with Gasteiger partial charge in [0.1, 0.15) is 0 Å². The molecule has 0 N–H and O–H groups in total. The van der Waals surface area contributed by atoms with Crippen LogP contribution in [0.15, 0.2) is 18.2 Å². The zero-order valence-corrected chi connectivity index (χ0v) is 11.0. The molecule has 0 heterocycles. The Hall–Kier alpha value is -0.700. The second kappa shape index (κ2) is 6.01. The summed E-state index contributed by atoms with van der Waals surface area (Å²) in [4.78, 5) is 0. The Labute approximate surface area is 99.7 Å². The van der Waals surface area contributed by atoms with E-state index in [-0.39, 0.29) is 0 Å². The average molecular weight is 273 g/mol. The summed E-state index contributed by atoms with van der Waals surface area (Å²) in [6, 6.07) is 6.08. The fourth-order valence-electron chi connectivity index (χ4n) is 1.36. The lowest BCUT2D eigenvalue weighted by molar-refractivity contribution is 0.310. The fourth-order valence-corrected chi connectivity index (χ4v) is 1.73. The molecule has 0 aromatic heterocycles. The SMILES string of the molecule is CCOc1cc(C(C)CBr)ccc1OC. The molecule has 0 bridgehead atoms. The molecule has 0 aliphatic rings. The van der Waals surface area contributed by atoms with E-state index in [0.717, 1.165) is 16.8 Å². The maximum Gasteiger partial charge on any atom is 0.161 e. The van der Waals surface area contributed by atoms with Gasteiger partial charge in [-0.2, -0.15) is 0 Å². The van der Waals surface area contributed by atoms with Gasteiger partial charge in [0.2, 0.25) is 0 Å². The number of ether oxygens (including phenoxy) is 2. The van der Waals surface area contributed by atoms with Crippen molar-refractivity contribution >= 4 is 15.9 Å². The van der Waals surface area contributed by atoms with Gasteiger partial charge in [-0.15, -0.1) is 0 Å². The van der Waals surface area contributed by atoms with E-state index in [1.807, 2.05) is 19.1 Å². The summed E-state index contributed by atoms with van der Waals surface area (Å²) in [7, 11) is 1.66. The smallest absolute Gasteiger partial charge is 0.161 e. The van der Waals surface area contributed by atoms with E-state index in [1.165, 1.54) is 5.56 Å². The second-order valence-corrected chi connectivity index (χ2v) is 4.05. The lowest BCUT2D eigenvalue weighted by Gasteiger charge is -2.13. The molecule has 0 saturated heterocycles. The number of alkyl halides is 1. The first-order valence-electron chi connectivity index (χ1n) is 5.09. The molecule has 15 heavy (non-hydrogen) atoms. The van der Waals surface area contributed by atoms with Gasteiger partial charge in [0, 0.05) is 5.33 Å². The monoisotopic (exact) mass is 272 g/mol. The molecule has 1 rings (SSSR count). The molecule has 0 radical (unpaired) electrons. The number of rotatable bonds is 5. The minimum atomic E-state index is 0.482. The van der Waals surface area contributed by atoms with Crippen LogP contribution in [0.3, 0.4) is 0 Å². The van der Waals surface area contributed by atoms with Gasteiger partial charge < -0.3 is 9.47 Å². The highest BCUT2D eigenvalue weighted by atomic mass is 79.9. The van der Waals surface area contributed by atoms with E-state index in [9.17, 15) is 0 Å². The van der Waals surface area contributed by atoms with Gasteiger partial charge in [-0.25, -0.2) is 0 Å². The Kier molecular flexibility index (Phi) is 4.95. The van der Waals surface area contributed by atoms with Gasteiger partial charge in [0.15, 0.2) is 11.5 Å². The van der Waals surface area contributed by atoms with Crippen molar-refractivity contribution in [3.05, 3.63) is 23.8 Å². The van der Waals surface area contributed by atoms with Crippen LogP contribution in [-0.4, -0.2) is 19.0 Å². The topological polar surface area (TPSA) is 18.5 Å². The molecule has 84 valence electrons. The molecule has 0 aliphatic carbocycles. The Bertz CT molecular complexity index is 312. The minimum Gasteiger partial charge on any atom is -0.493 e. The van der Waals surface area contributed by atoms with E-state index in [0.29, 0.717) is 12.5 Å². The minimum absolute atomic E-state index is 0.482. The molecule has 2 nitrogen and oxygen atoms in total. The predicted octanol–water partition coefficient (Wildman–Crippen LogP) is 3.59. The Morgan fingerprint density at radius 3 is 2.60 bits per heavy atom. The second-order valence-electron chi connectivity index (χ2n) is 3.40. The highest BCUT2D eigenvalue weighted by Gasteiger charge is 2.09. The molecule has 0 fully saturated rings. The van der Waals surface area contributed by atoms with Gasteiger partial charge in [-0.05, 0) is 30.5 Å². The standard InChI is InChI=1S/C12H17BrO2/c1-4-15-12-7-10(9(2)8-13)5-6-11(12)14-3/h5-7,9H,4,8H2,1-3H3. The summed E-state index contributed by atoms with van der Waals surface area (Å²) in [5.74, 6) is 2.10. The number of methoxy groups -OCH3 is 1. The summed E-state index contributed by atoms with van der Waals surface area (Å²) in [6.07, 6.45) is 0. The van der Waals surface area contributed by atoms with Crippen LogP contribution in [0.4, 0.5) is 0 Å². The van der Waals surface area contributed by atoms with Crippen LogP contribution in [0.2, 0.25) is 0 Å². The van der Waals surface area contributed by atoms with E-state index < -0.39 is 0 Å². The van der Waals surface area contributed by atoms with Crippen molar-refractivity contribution < 1.29 is 9.47 Å². The molecule has 3 heteroatoms. The first-order valence-corrected chi connectivity index (χ1v) is 6.21. The van der Waals surface area contributed by atoms with E-state index in [1.54, 1.807) is 7.11 Å². The summed E-state index contributed by atoms with van der Waals surface area (Å²) in [5, 5.41) is 0.949.